The lowest BCUT2D eigenvalue weighted by Crippen LogP contribution is -1.89. The number of aromatic amines is 1. The summed E-state index contributed by atoms with van der Waals surface area (Å²) in [5.41, 5.74) is 1.77. The fourth-order valence-corrected chi connectivity index (χ4v) is 1.70. The van der Waals surface area contributed by atoms with Crippen molar-refractivity contribution < 1.29 is 4.74 Å². The first-order chi connectivity index (χ1) is 7.74. The highest BCUT2D eigenvalue weighted by Crippen LogP contribution is 2.30. The third kappa shape index (κ3) is 1.97. The topological polar surface area (TPSA) is 49.9 Å². The van der Waals surface area contributed by atoms with Gasteiger partial charge in [0.1, 0.15) is 5.75 Å². The van der Waals surface area contributed by atoms with Crippen LogP contribution in [-0.4, -0.2) is 24.1 Å². The minimum atomic E-state index is 0.630. The number of halogens is 1. The van der Waals surface area contributed by atoms with Crippen LogP contribution < -0.4 is 10.1 Å². The summed E-state index contributed by atoms with van der Waals surface area (Å²) in [5.74, 6) is 1.45. The van der Waals surface area contributed by atoms with Crippen molar-refractivity contribution >= 4 is 17.5 Å². The Bertz CT molecular complexity index is 496. The predicted molar refractivity (Wildman–Crippen MR) is 65.1 cm³/mol. The van der Waals surface area contributed by atoms with Gasteiger partial charge in [0.2, 0.25) is 0 Å². The van der Waals surface area contributed by atoms with Crippen molar-refractivity contribution in [1.29, 1.82) is 0 Å². The highest BCUT2D eigenvalue weighted by atomic mass is 35.5. The highest BCUT2D eigenvalue weighted by molar-refractivity contribution is 6.33. The Morgan fingerprint density at radius 1 is 1.44 bits per heavy atom. The molecular weight excluding hydrogens is 226 g/mol. The lowest BCUT2D eigenvalue weighted by molar-refractivity contribution is 0.415. The molecule has 0 aliphatic rings. The van der Waals surface area contributed by atoms with E-state index in [-0.39, 0.29) is 0 Å². The van der Waals surface area contributed by atoms with E-state index >= 15 is 0 Å². The van der Waals surface area contributed by atoms with Crippen LogP contribution >= 0.6 is 11.6 Å². The molecule has 0 aliphatic heterocycles. The van der Waals surface area contributed by atoms with Crippen LogP contribution in [0.3, 0.4) is 0 Å². The lowest BCUT2D eigenvalue weighted by Gasteiger charge is -2.04. The first kappa shape index (κ1) is 10.8. The van der Waals surface area contributed by atoms with E-state index < -0.39 is 0 Å². The number of methoxy groups -OCH3 is 1. The van der Waals surface area contributed by atoms with E-state index in [0.29, 0.717) is 11.0 Å². The number of imidazole rings is 1. The van der Waals surface area contributed by atoms with Crippen molar-refractivity contribution in [2.45, 2.75) is 0 Å². The summed E-state index contributed by atoms with van der Waals surface area (Å²) in [7, 11) is 3.42. The molecule has 2 aromatic rings. The van der Waals surface area contributed by atoms with Crippen molar-refractivity contribution in [2.75, 3.05) is 19.5 Å². The van der Waals surface area contributed by atoms with Crippen molar-refractivity contribution in [3.8, 4) is 17.0 Å². The molecule has 0 fully saturated rings. The SMILES string of the molecule is CNc1ncc(-c2ccc(OC)cc2Cl)[nH]1. The zero-order valence-corrected chi connectivity index (χ0v) is 9.80. The standard InChI is InChI=1S/C11H12ClN3O/c1-13-11-14-6-10(15-11)8-4-3-7(16-2)5-9(8)12/h3-6H,1-2H3,(H2,13,14,15). The second-order valence-corrected chi connectivity index (χ2v) is 3.65. The average molecular weight is 238 g/mol. The second kappa shape index (κ2) is 4.45. The Morgan fingerprint density at radius 2 is 2.25 bits per heavy atom. The molecule has 1 heterocycles. The number of hydrogen-bond acceptors (Lipinski definition) is 3. The molecule has 4 nitrogen and oxygen atoms in total. The van der Waals surface area contributed by atoms with Gasteiger partial charge in [-0.15, -0.1) is 0 Å². The minimum absolute atomic E-state index is 0.630. The smallest absolute Gasteiger partial charge is 0.200 e. The number of ether oxygens (including phenoxy) is 1. The van der Waals surface area contributed by atoms with Gasteiger partial charge in [0, 0.05) is 12.6 Å². The summed E-state index contributed by atoms with van der Waals surface area (Å²) in [6, 6.07) is 5.53. The zero-order valence-electron chi connectivity index (χ0n) is 9.04. The minimum Gasteiger partial charge on any atom is -0.497 e. The molecule has 1 aromatic heterocycles. The third-order valence-corrected chi connectivity index (χ3v) is 2.59. The quantitative estimate of drug-likeness (QED) is 0.863. The molecule has 84 valence electrons. The Hall–Kier alpha value is -1.68. The number of aromatic nitrogens is 2. The van der Waals surface area contributed by atoms with Gasteiger partial charge in [0.25, 0.3) is 0 Å². The predicted octanol–water partition coefficient (Wildman–Crippen LogP) is 2.78. The number of rotatable bonds is 3. The summed E-state index contributed by atoms with van der Waals surface area (Å²) in [4.78, 5) is 7.25. The normalized spacial score (nSPS) is 10.2. The molecule has 0 atom stereocenters. The van der Waals surface area contributed by atoms with Gasteiger partial charge in [-0.3, -0.25) is 0 Å². The zero-order chi connectivity index (χ0) is 11.5. The lowest BCUT2D eigenvalue weighted by atomic mass is 10.1. The van der Waals surface area contributed by atoms with Crippen LogP contribution in [0.5, 0.6) is 5.75 Å². The van der Waals surface area contributed by atoms with Gasteiger partial charge in [-0.2, -0.15) is 0 Å². The van der Waals surface area contributed by atoms with Crippen molar-refractivity contribution in [3.05, 3.63) is 29.4 Å². The molecule has 0 saturated carbocycles. The molecule has 0 spiro atoms. The van der Waals surface area contributed by atoms with Gasteiger partial charge in [0.05, 0.1) is 24.0 Å². The fourth-order valence-electron chi connectivity index (χ4n) is 1.43. The maximum atomic E-state index is 6.15. The van der Waals surface area contributed by atoms with Crippen molar-refractivity contribution in [3.63, 3.8) is 0 Å². The van der Waals surface area contributed by atoms with Gasteiger partial charge in [0.15, 0.2) is 5.95 Å². The Morgan fingerprint density at radius 3 is 2.81 bits per heavy atom. The summed E-state index contributed by atoms with van der Waals surface area (Å²) in [6.45, 7) is 0. The van der Waals surface area contributed by atoms with E-state index in [1.165, 1.54) is 0 Å². The van der Waals surface area contributed by atoms with Gasteiger partial charge >= 0.3 is 0 Å². The van der Waals surface area contributed by atoms with Gasteiger partial charge in [-0.1, -0.05) is 11.6 Å². The summed E-state index contributed by atoms with van der Waals surface area (Å²) in [5, 5.41) is 3.55. The van der Waals surface area contributed by atoms with E-state index in [1.807, 2.05) is 12.1 Å². The summed E-state index contributed by atoms with van der Waals surface area (Å²) >= 11 is 6.15. The number of hydrogen-bond donors (Lipinski definition) is 2. The van der Waals surface area contributed by atoms with E-state index in [0.717, 1.165) is 17.0 Å². The van der Waals surface area contributed by atoms with Crippen LogP contribution in [0.25, 0.3) is 11.3 Å². The molecule has 2 rings (SSSR count). The molecule has 0 aliphatic carbocycles. The van der Waals surface area contributed by atoms with Gasteiger partial charge in [-0.05, 0) is 18.2 Å². The summed E-state index contributed by atoms with van der Waals surface area (Å²) < 4.78 is 5.09. The van der Waals surface area contributed by atoms with Crippen LogP contribution in [0.15, 0.2) is 24.4 Å². The van der Waals surface area contributed by atoms with E-state index in [9.17, 15) is 0 Å². The number of anilines is 1. The monoisotopic (exact) mass is 237 g/mol. The molecule has 0 saturated heterocycles. The molecule has 0 bridgehead atoms. The van der Waals surface area contributed by atoms with Crippen LogP contribution in [0.2, 0.25) is 5.02 Å². The maximum Gasteiger partial charge on any atom is 0.200 e. The van der Waals surface area contributed by atoms with E-state index in [1.54, 1.807) is 26.4 Å². The molecule has 0 amide bonds. The average Bonchev–Trinajstić information content (AvgIpc) is 2.77. The van der Waals surface area contributed by atoms with Gasteiger partial charge in [-0.25, -0.2) is 4.98 Å². The second-order valence-electron chi connectivity index (χ2n) is 3.24. The molecule has 1 aromatic carbocycles. The summed E-state index contributed by atoms with van der Waals surface area (Å²) in [6.07, 6.45) is 1.74. The number of benzene rings is 1. The fraction of sp³-hybridized carbons (Fsp3) is 0.182. The highest BCUT2D eigenvalue weighted by Gasteiger charge is 2.07. The molecular formula is C11H12ClN3O. The Kier molecular flexibility index (Phi) is 3.01. The van der Waals surface area contributed by atoms with Crippen LogP contribution in [0, 0.1) is 0 Å². The molecule has 0 unspecified atom stereocenters. The molecule has 5 heteroatoms. The number of nitrogens with one attached hydrogen (secondary N) is 2. The first-order valence-corrected chi connectivity index (χ1v) is 5.19. The van der Waals surface area contributed by atoms with Crippen LogP contribution in [-0.2, 0) is 0 Å². The van der Waals surface area contributed by atoms with Crippen molar-refractivity contribution in [2.24, 2.45) is 0 Å². The molecule has 16 heavy (non-hydrogen) atoms. The number of nitrogens with zero attached hydrogens (tertiary/aromatic N) is 1. The Labute approximate surface area is 98.6 Å². The molecule has 2 N–H and O–H groups in total. The maximum absolute atomic E-state index is 6.15. The van der Waals surface area contributed by atoms with Crippen molar-refractivity contribution in [1.82, 2.24) is 9.97 Å². The number of H-pyrrole nitrogens is 1. The van der Waals surface area contributed by atoms with Crippen LogP contribution in [0.1, 0.15) is 0 Å². The largest absolute Gasteiger partial charge is 0.497 e. The Balaban J connectivity index is 2.40. The van der Waals surface area contributed by atoms with E-state index in [4.69, 9.17) is 16.3 Å². The van der Waals surface area contributed by atoms with Crippen LogP contribution in [0.4, 0.5) is 5.95 Å². The first-order valence-electron chi connectivity index (χ1n) is 4.81. The van der Waals surface area contributed by atoms with Gasteiger partial charge < -0.3 is 15.0 Å². The van der Waals surface area contributed by atoms with E-state index in [2.05, 4.69) is 15.3 Å². The molecule has 0 radical (unpaired) electrons. The third-order valence-electron chi connectivity index (χ3n) is 2.28.